The standard InChI is InChI=1S/C19H22N4O5/c1-12-4-9-15(16(10-12)23(27)28)21-19(26)18(25)20-11-17(24)13-5-7-14(8-6-13)22(2)3/h4-10,17,24H,11H2,1-3H3,(H,20,25)(H,21,26). The van der Waals surface area contributed by atoms with Gasteiger partial charge in [-0.2, -0.15) is 0 Å². The van der Waals surface area contributed by atoms with Gasteiger partial charge in [-0.15, -0.1) is 0 Å². The first-order valence-electron chi connectivity index (χ1n) is 8.48. The Kier molecular flexibility index (Phi) is 6.67. The van der Waals surface area contributed by atoms with Crippen molar-refractivity contribution in [2.24, 2.45) is 0 Å². The molecule has 1 unspecified atom stereocenters. The molecule has 9 nitrogen and oxygen atoms in total. The van der Waals surface area contributed by atoms with E-state index in [4.69, 9.17) is 0 Å². The molecule has 2 aromatic rings. The molecule has 0 aliphatic rings. The summed E-state index contributed by atoms with van der Waals surface area (Å²) >= 11 is 0. The van der Waals surface area contributed by atoms with Crippen LogP contribution in [0.1, 0.15) is 17.2 Å². The lowest BCUT2D eigenvalue weighted by Crippen LogP contribution is -2.37. The van der Waals surface area contributed by atoms with Crippen molar-refractivity contribution in [2.75, 3.05) is 30.9 Å². The number of nitrogens with zero attached hydrogens (tertiary/aromatic N) is 2. The Morgan fingerprint density at radius 2 is 1.79 bits per heavy atom. The molecular weight excluding hydrogens is 364 g/mol. The molecule has 0 aliphatic heterocycles. The quantitative estimate of drug-likeness (QED) is 0.395. The van der Waals surface area contributed by atoms with Crippen LogP contribution in [0.2, 0.25) is 0 Å². The summed E-state index contributed by atoms with van der Waals surface area (Å²) in [6, 6.07) is 11.3. The molecule has 0 saturated carbocycles. The number of carbonyl (C=O) groups is 2. The van der Waals surface area contributed by atoms with Crippen LogP contribution in [0.4, 0.5) is 17.1 Å². The van der Waals surface area contributed by atoms with Crippen molar-refractivity contribution in [3.05, 3.63) is 63.7 Å². The van der Waals surface area contributed by atoms with E-state index in [1.54, 1.807) is 25.1 Å². The average molecular weight is 386 g/mol. The van der Waals surface area contributed by atoms with E-state index in [0.29, 0.717) is 11.1 Å². The second kappa shape index (κ2) is 8.96. The van der Waals surface area contributed by atoms with Crippen LogP contribution in [0.3, 0.4) is 0 Å². The third kappa shape index (κ3) is 5.27. The first-order chi connectivity index (χ1) is 13.2. The molecule has 0 spiro atoms. The van der Waals surface area contributed by atoms with Gasteiger partial charge in [0.15, 0.2) is 0 Å². The molecule has 9 heteroatoms. The molecule has 0 fully saturated rings. The largest absolute Gasteiger partial charge is 0.387 e. The fourth-order valence-corrected chi connectivity index (χ4v) is 2.46. The maximum atomic E-state index is 12.0. The number of aliphatic hydroxyl groups excluding tert-OH is 1. The summed E-state index contributed by atoms with van der Waals surface area (Å²) in [5.74, 6) is -2.05. The highest BCUT2D eigenvalue weighted by Crippen LogP contribution is 2.25. The van der Waals surface area contributed by atoms with Crippen molar-refractivity contribution in [1.29, 1.82) is 0 Å². The number of anilines is 2. The number of benzene rings is 2. The second-order valence-corrected chi connectivity index (χ2v) is 6.44. The Hall–Kier alpha value is -3.46. The van der Waals surface area contributed by atoms with Crippen LogP contribution in [-0.4, -0.2) is 42.5 Å². The topological polar surface area (TPSA) is 125 Å². The van der Waals surface area contributed by atoms with Crippen molar-refractivity contribution in [2.45, 2.75) is 13.0 Å². The maximum absolute atomic E-state index is 12.0. The third-order valence-corrected chi connectivity index (χ3v) is 4.05. The van der Waals surface area contributed by atoms with E-state index in [1.807, 2.05) is 31.1 Å². The first kappa shape index (κ1) is 20.8. The fraction of sp³-hybridized carbons (Fsp3) is 0.263. The third-order valence-electron chi connectivity index (χ3n) is 4.05. The lowest BCUT2D eigenvalue weighted by atomic mass is 10.1. The van der Waals surface area contributed by atoms with Gasteiger partial charge in [0.1, 0.15) is 5.69 Å². The van der Waals surface area contributed by atoms with Crippen molar-refractivity contribution in [3.63, 3.8) is 0 Å². The van der Waals surface area contributed by atoms with E-state index in [-0.39, 0.29) is 17.9 Å². The molecule has 3 N–H and O–H groups in total. The fourth-order valence-electron chi connectivity index (χ4n) is 2.46. The number of nitro benzene ring substituents is 1. The van der Waals surface area contributed by atoms with E-state index >= 15 is 0 Å². The number of amides is 2. The van der Waals surface area contributed by atoms with Crippen LogP contribution in [-0.2, 0) is 9.59 Å². The highest BCUT2D eigenvalue weighted by molar-refractivity contribution is 6.39. The Balaban J connectivity index is 1.96. The van der Waals surface area contributed by atoms with E-state index in [0.717, 1.165) is 5.69 Å². The van der Waals surface area contributed by atoms with Crippen LogP contribution in [0.25, 0.3) is 0 Å². The van der Waals surface area contributed by atoms with Gasteiger partial charge in [0.05, 0.1) is 11.0 Å². The minimum atomic E-state index is -1.05. The number of nitro groups is 1. The van der Waals surface area contributed by atoms with Crippen LogP contribution in [0.15, 0.2) is 42.5 Å². The smallest absolute Gasteiger partial charge is 0.313 e. The van der Waals surface area contributed by atoms with Crippen LogP contribution < -0.4 is 15.5 Å². The van der Waals surface area contributed by atoms with Gasteiger partial charge in [-0.25, -0.2) is 0 Å². The molecule has 2 amide bonds. The SMILES string of the molecule is Cc1ccc(NC(=O)C(=O)NCC(O)c2ccc(N(C)C)cc2)c([N+](=O)[O-])c1. The zero-order valence-electron chi connectivity index (χ0n) is 15.8. The molecule has 0 saturated heterocycles. The van der Waals surface area contributed by atoms with Crippen molar-refractivity contribution >= 4 is 28.9 Å². The predicted octanol–water partition coefficient (Wildman–Crippen LogP) is 1.76. The zero-order chi connectivity index (χ0) is 20.8. The average Bonchev–Trinajstić information content (AvgIpc) is 2.66. The van der Waals surface area contributed by atoms with Crippen molar-refractivity contribution < 1.29 is 19.6 Å². The molecule has 2 rings (SSSR count). The Labute approximate surface area is 162 Å². The minimum Gasteiger partial charge on any atom is -0.387 e. The summed E-state index contributed by atoms with van der Waals surface area (Å²) in [6.07, 6.45) is -0.998. The van der Waals surface area contributed by atoms with Crippen LogP contribution >= 0.6 is 0 Å². The molecule has 2 aromatic carbocycles. The Morgan fingerprint density at radius 3 is 2.36 bits per heavy atom. The first-order valence-corrected chi connectivity index (χ1v) is 8.48. The Bertz CT molecular complexity index is 880. The molecule has 0 aromatic heterocycles. The van der Waals surface area contributed by atoms with E-state index in [9.17, 15) is 24.8 Å². The number of hydrogen-bond donors (Lipinski definition) is 3. The van der Waals surface area contributed by atoms with Gasteiger partial charge in [0, 0.05) is 32.4 Å². The van der Waals surface area contributed by atoms with Crippen molar-refractivity contribution in [1.82, 2.24) is 5.32 Å². The van der Waals surface area contributed by atoms with E-state index in [2.05, 4.69) is 10.6 Å². The molecular formula is C19H22N4O5. The van der Waals surface area contributed by atoms with Gasteiger partial charge in [-0.1, -0.05) is 18.2 Å². The Morgan fingerprint density at radius 1 is 1.14 bits per heavy atom. The van der Waals surface area contributed by atoms with E-state index < -0.39 is 22.8 Å². The maximum Gasteiger partial charge on any atom is 0.313 e. The number of nitrogens with one attached hydrogen (secondary N) is 2. The summed E-state index contributed by atoms with van der Waals surface area (Å²) in [5, 5.41) is 25.8. The van der Waals surface area contributed by atoms with Gasteiger partial charge in [-0.05, 0) is 36.2 Å². The highest BCUT2D eigenvalue weighted by Gasteiger charge is 2.21. The number of carbonyl (C=O) groups excluding carboxylic acids is 2. The van der Waals surface area contributed by atoms with Crippen molar-refractivity contribution in [3.8, 4) is 0 Å². The summed E-state index contributed by atoms with van der Waals surface area (Å²) in [7, 11) is 3.78. The van der Waals surface area contributed by atoms with Gasteiger partial charge >= 0.3 is 11.8 Å². The van der Waals surface area contributed by atoms with Crippen LogP contribution in [0.5, 0.6) is 0 Å². The molecule has 0 aliphatic carbocycles. The minimum absolute atomic E-state index is 0.0735. The van der Waals surface area contributed by atoms with E-state index in [1.165, 1.54) is 12.1 Å². The second-order valence-electron chi connectivity index (χ2n) is 6.44. The molecule has 148 valence electrons. The number of hydrogen-bond acceptors (Lipinski definition) is 6. The normalized spacial score (nSPS) is 11.4. The summed E-state index contributed by atoms with van der Waals surface area (Å²) < 4.78 is 0. The number of aliphatic hydroxyl groups is 1. The molecule has 28 heavy (non-hydrogen) atoms. The lowest BCUT2D eigenvalue weighted by molar-refractivity contribution is -0.384. The highest BCUT2D eigenvalue weighted by atomic mass is 16.6. The molecule has 0 heterocycles. The number of rotatable bonds is 6. The zero-order valence-corrected chi connectivity index (χ0v) is 15.8. The molecule has 0 bridgehead atoms. The van der Waals surface area contributed by atoms with Gasteiger partial charge in [-0.3, -0.25) is 19.7 Å². The van der Waals surface area contributed by atoms with Gasteiger partial charge in [0.25, 0.3) is 5.69 Å². The summed E-state index contributed by atoms with van der Waals surface area (Å²) in [6.45, 7) is 1.50. The summed E-state index contributed by atoms with van der Waals surface area (Å²) in [5.41, 5.74) is 1.81. The van der Waals surface area contributed by atoms with Crippen LogP contribution in [0, 0.1) is 17.0 Å². The number of aryl methyl sites for hydroxylation is 1. The molecule has 1 atom stereocenters. The molecule has 0 radical (unpaired) electrons. The van der Waals surface area contributed by atoms with Gasteiger partial charge in [0.2, 0.25) is 0 Å². The summed E-state index contributed by atoms with van der Waals surface area (Å²) in [4.78, 5) is 36.3. The predicted molar refractivity (Wildman–Crippen MR) is 105 cm³/mol. The lowest BCUT2D eigenvalue weighted by Gasteiger charge is -2.15. The monoisotopic (exact) mass is 386 g/mol. The van der Waals surface area contributed by atoms with Gasteiger partial charge < -0.3 is 20.6 Å².